The number of ether oxygens (including phenoxy) is 2. The topological polar surface area (TPSA) is 79.2 Å². The van der Waals surface area contributed by atoms with Crippen LogP contribution >= 0.6 is 0 Å². The molecule has 0 aliphatic heterocycles. The first kappa shape index (κ1) is 29.4. The largest absolute Gasteiger partial charge is 0.443 e. The number of methoxy groups -OCH3 is 1. The van der Waals surface area contributed by atoms with Gasteiger partial charge < -0.3 is 19.7 Å². The first-order chi connectivity index (χ1) is 14.2. The molecule has 1 amide bonds. The molecule has 0 spiro atoms. The van der Waals surface area contributed by atoms with Gasteiger partial charge in [0.15, 0.2) is 0 Å². The maximum atomic E-state index is 12.0. The molecule has 0 bridgehead atoms. The van der Waals surface area contributed by atoms with Gasteiger partial charge in [-0.2, -0.15) is 35.9 Å². The summed E-state index contributed by atoms with van der Waals surface area (Å²) in [6, 6.07) is 18.4. The van der Waals surface area contributed by atoms with Crippen molar-refractivity contribution in [2.75, 3.05) is 32.3 Å². The van der Waals surface area contributed by atoms with Crippen LogP contribution in [0.5, 0.6) is 0 Å². The van der Waals surface area contributed by atoms with Crippen molar-refractivity contribution in [2.24, 2.45) is 0 Å². The zero-order valence-electron chi connectivity index (χ0n) is 18.8. The van der Waals surface area contributed by atoms with Gasteiger partial charge in [-0.25, -0.2) is 16.4 Å². The minimum atomic E-state index is -0.718. The van der Waals surface area contributed by atoms with E-state index in [1.165, 1.54) is 12.0 Å². The van der Waals surface area contributed by atoms with Crippen LogP contribution in [-0.2, 0) is 42.2 Å². The van der Waals surface area contributed by atoms with Gasteiger partial charge in [-0.05, 0) is 20.8 Å². The van der Waals surface area contributed by atoms with Crippen LogP contribution in [0.1, 0.15) is 31.9 Å². The Hall–Kier alpha value is -1.57. The van der Waals surface area contributed by atoms with Gasteiger partial charge in [-0.15, -0.1) is 18.2 Å². The van der Waals surface area contributed by atoms with E-state index in [9.17, 15) is 4.79 Å². The van der Waals surface area contributed by atoms with Crippen molar-refractivity contribution in [3.63, 3.8) is 0 Å². The summed E-state index contributed by atoms with van der Waals surface area (Å²) < 4.78 is 9.84. The van der Waals surface area contributed by atoms with E-state index in [-0.39, 0.29) is 52.0 Å². The van der Waals surface area contributed by atoms with Gasteiger partial charge in [0.05, 0.1) is 13.2 Å². The molecule has 6 nitrogen and oxygen atoms in total. The van der Waals surface area contributed by atoms with Crippen molar-refractivity contribution < 1.29 is 57.2 Å². The summed E-state index contributed by atoms with van der Waals surface area (Å²) in [5.74, 6) is 0. The van der Waals surface area contributed by atoms with Gasteiger partial charge in [0, 0.05) is 52.6 Å². The summed E-state index contributed by atoms with van der Waals surface area (Å²) >= 11 is 0. The molecule has 7 heteroatoms. The number of aliphatic hydroxyl groups excluding tert-OH is 2. The number of aliphatic hydroxyl groups is 2. The Kier molecular flexibility index (Phi) is 14.5. The monoisotopic (exact) mass is 502 g/mol. The Bertz CT molecular complexity index is 773. The maximum Gasteiger partial charge on any atom is 0.414 e. The van der Waals surface area contributed by atoms with Crippen LogP contribution in [0.15, 0.2) is 48.5 Å². The standard InChI is InChI=1S/C20H21NO2.C4H10O3.Y/c1-20(2,3)23-19(22)21(4)18-14-12-17(13-15-18)11-10-16-8-6-5-7-9-16;1-7-3-4(6)2-5;/h5-8,10,12-15H,1-4H3;4-6H,2-3H2,1H3;/q-2;;/t;4-;/m.0./s1. The van der Waals surface area contributed by atoms with E-state index in [0.29, 0.717) is 0 Å². The molecule has 2 aromatic rings. The first-order valence-electron chi connectivity index (χ1n) is 9.57. The predicted octanol–water partition coefficient (Wildman–Crippen LogP) is 3.71. The number of benzene rings is 2. The molecule has 0 aliphatic carbocycles. The van der Waals surface area contributed by atoms with Gasteiger partial charge >= 0.3 is 6.09 Å². The average molecular weight is 502 g/mol. The number of hydrogen-bond acceptors (Lipinski definition) is 5. The van der Waals surface area contributed by atoms with E-state index < -0.39 is 11.7 Å². The predicted molar refractivity (Wildman–Crippen MR) is 118 cm³/mol. The number of carbonyl (C=O) groups is 1. The second-order valence-corrected chi connectivity index (χ2v) is 7.48. The summed E-state index contributed by atoms with van der Waals surface area (Å²) in [5.41, 5.74) is 2.18. The SMILES string of the molecule is CN(C(=O)OC(C)(C)C)c1ccc([C-]=Cc2[c-]cccc2)cc1.COC[C@@H](O)CO.[Y]. The van der Waals surface area contributed by atoms with E-state index >= 15 is 0 Å². The van der Waals surface area contributed by atoms with Crippen LogP contribution in [0.2, 0.25) is 0 Å². The van der Waals surface area contributed by atoms with Crippen molar-refractivity contribution in [3.8, 4) is 0 Å². The van der Waals surface area contributed by atoms with Crippen molar-refractivity contribution in [1.82, 2.24) is 0 Å². The smallest absolute Gasteiger partial charge is 0.414 e. The number of nitrogens with zero attached hydrogens (tertiary/aromatic N) is 1. The van der Waals surface area contributed by atoms with Gasteiger partial charge in [0.2, 0.25) is 0 Å². The third kappa shape index (κ3) is 12.8. The molecule has 0 fully saturated rings. The zero-order chi connectivity index (χ0) is 22.6. The Labute approximate surface area is 210 Å². The quantitative estimate of drug-likeness (QED) is 0.465. The fraction of sp³-hybridized carbons (Fsp3) is 0.375. The number of carbonyl (C=O) groups excluding carboxylic acids is 1. The molecule has 2 rings (SSSR count). The minimum absolute atomic E-state index is 0. The van der Waals surface area contributed by atoms with Crippen LogP contribution < -0.4 is 4.90 Å². The summed E-state index contributed by atoms with van der Waals surface area (Å²) in [6.07, 6.45) is 4.00. The molecule has 1 radical (unpaired) electrons. The molecule has 2 N–H and O–H groups in total. The van der Waals surface area contributed by atoms with Crippen LogP contribution in [0, 0.1) is 12.1 Å². The number of rotatable bonds is 6. The fourth-order valence-corrected chi connectivity index (χ4v) is 2.12. The van der Waals surface area contributed by atoms with Crippen molar-refractivity contribution in [3.05, 3.63) is 71.8 Å². The van der Waals surface area contributed by atoms with E-state index in [1.54, 1.807) is 7.05 Å². The molecule has 0 saturated carbocycles. The third-order valence-electron chi connectivity index (χ3n) is 3.62. The molecule has 0 aromatic heterocycles. The third-order valence-corrected chi connectivity index (χ3v) is 3.62. The Morgan fingerprint density at radius 1 is 1.23 bits per heavy atom. The van der Waals surface area contributed by atoms with Crippen molar-refractivity contribution in [1.29, 1.82) is 0 Å². The summed E-state index contributed by atoms with van der Waals surface area (Å²) in [4.78, 5) is 13.5. The van der Waals surface area contributed by atoms with E-state index in [4.69, 9.17) is 14.9 Å². The second kappa shape index (κ2) is 15.3. The van der Waals surface area contributed by atoms with E-state index in [1.807, 2.05) is 75.4 Å². The maximum absolute atomic E-state index is 12.0. The van der Waals surface area contributed by atoms with Crippen LogP contribution in [-0.4, -0.2) is 55.4 Å². The van der Waals surface area contributed by atoms with Gasteiger partial charge in [0.1, 0.15) is 11.7 Å². The van der Waals surface area contributed by atoms with Crippen molar-refractivity contribution in [2.45, 2.75) is 32.5 Å². The Morgan fingerprint density at radius 2 is 1.87 bits per heavy atom. The number of anilines is 1. The molecular formula is C24H31NO5Y-2. The second-order valence-electron chi connectivity index (χ2n) is 7.48. The molecule has 0 aliphatic rings. The van der Waals surface area contributed by atoms with Gasteiger partial charge in [-0.1, -0.05) is 12.1 Å². The summed E-state index contributed by atoms with van der Waals surface area (Å²) in [5, 5.41) is 16.6. The molecule has 0 heterocycles. The zero-order valence-corrected chi connectivity index (χ0v) is 21.7. The minimum Gasteiger partial charge on any atom is -0.443 e. The fourth-order valence-electron chi connectivity index (χ4n) is 2.12. The van der Waals surface area contributed by atoms with Crippen LogP contribution in [0.3, 0.4) is 0 Å². The van der Waals surface area contributed by atoms with Gasteiger partial charge in [-0.3, -0.25) is 4.90 Å². The molecule has 167 valence electrons. The first-order valence-corrected chi connectivity index (χ1v) is 9.57. The van der Waals surface area contributed by atoms with Crippen LogP contribution in [0.4, 0.5) is 10.5 Å². The summed E-state index contributed by atoms with van der Waals surface area (Å²) in [7, 11) is 3.17. The molecule has 31 heavy (non-hydrogen) atoms. The molecule has 0 unspecified atom stereocenters. The molecular weight excluding hydrogens is 471 g/mol. The molecule has 2 aromatic carbocycles. The Morgan fingerprint density at radius 3 is 2.32 bits per heavy atom. The number of hydrogen-bond donors (Lipinski definition) is 2. The van der Waals surface area contributed by atoms with E-state index in [2.05, 4.69) is 16.9 Å². The normalized spacial score (nSPS) is 11.7. The average Bonchev–Trinajstić information content (AvgIpc) is 2.72. The van der Waals surface area contributed by atoms with Crippen molar-refractivity contribution >= 4 is 17.9 Å². The molecule has 1 atom stereocenters. The number of amides is 1. The molecule has 0 saturated heterocycles. The summed E-state index contributed by atoms with van der Waals surface area (Å²) in [6.45, 7) is 5.52. The van der Waals surface area contributed by atoms with Crippen LogP contribution in [0.25, 0.3) is 6.08 Å². The van der Waals surface area contributed by atoms with Gasteiger partial charge in [0.25, 0.3) is 0 Å². The Balaban J connectivity index is 0.000000975. The van der Waals surface area contributed by atoms with E-state index in [0.717, 1.165) is 16.8 Å².